The number of rotatable bonds is 5. The lowest BCUT2D eigenvalue weighted by atomic mass is 10.1. The Labute approximate surface area is 173 Å². The molecule has 0 atom stereocenters. The van der Waals surface area contributed by atoms with Gasteiger partial charge in [-0.25, -0.2) is 9.78 Å². The quantitative estimate of drug-likeness (QED) is 0.534. The third kappa shape index (κ3) is 4.07. The van der Waals surface area contributed by atoms with E-state index in [1.54, 1.807) is 42.5 Å². The maximum absolute atomic E-state index is 12.3. The second kappa shape index (κ2) is 8.21. The van der Waals surface area contributed by atoms with Gasteiger partial charge in [0.05, 0.1) is 10.9 Å². The monoisotopic (exact) mass is 400 g/mol. The average Bonchev–Trinajstić information content (AvgIpc) is 2.75. The highest BCUT2D eigenvalue weighted by atomic mass is 16.5. The summed E-state index contributed by atoms with van der Waals surface area (Å²) in [7, 11) is 0. The molecule has 6 nitrogen and oxygen atoms in total. The third-order valence-corrected chi connectivity index (χ3v) is 4.84. The highest BCUT2D eigenvalue weighted by Gasteiger charge is 2.11. The van der Waals surface area contributed by atoms with Crippen molar-refractivity contribution in [1.29, 1.82) is 0 Å². The lowest BCUT2D eigenvalue weighted by Crippen LogP contribution is -2.20. The molecule has 0 aliphatic rings. The molecule has 3 aromatic carbocycles. The molecule has 0 radical (unpaired) electrons. The minimum atomic E-state index is -0.452. The Kier molecular flexibility index (Phi) is 5.30. The van der Waals surface area contributed by atoms with Crippen molar-refractivity contribution in [3.05, 3.63) is 88.3 Å². The Morgan fingerprint density at radius 2 is 1.83 bits per heavy atom. The van der Waals surface area contributed by atoms with Crippen LogP contribution < -0.4 is 15.7 Å². The number of hydrogen-bond donors (Lipinski definition) is 1. The van der Waals surface area contributed by atoms with Gasteiger partial charge >= 0.3 is 5.63 Å². The highest BCUT2D eigenvalue weighted by Crippen LogP contribution is 2.23. The zero-order chi connectivity index (χ0) is 21.1. The molecular weight excluding hydrogens is 380 g/mol. The van der Waals surface area contributed by atoms with Gasteiger partial charge in [-0.3, -0.25) is 4.79 Å². The fourth-order valence-electron chi connectivity index (χ4n) is 3.09. The fourth-order valence-corrected chi connectivity index (χ4v) is 3.09. The largest absolute Gasteiger partial charge is 0.483 e. The smallest absolute Gasteiger partial charge is 0.347 e. The lowest BCUT2D eigenvalue weighted by Gasteiger charge is -2.11. The number of aryl methyl sites for hydroxylation is 1. The van der Waals surface area contributed by atoms with Gasteiger partial charge in [0.25, 0.3) is 5.91 Å². The van der Waals surface area contributed by atoms with Gasteiger partial charge in [0, 0.05) is 11.3 Å². The Bertz CT molecular complexity index is 1290. The van der Waals surface area contributed by atoms with Crippen LogP contribution in [-0.4, -0.2) is 17.5 Å². The lowest BCUT2D eigenvalue weighted by molar-refractivity contribution is -0.118. The molecule has 1 heterocycles. The molecule has 0 aliphatic heterocycles. The first-order chi connectivity index (χ1) is 14.5. The van der Waals surface area contributed by atoms with Gasteiger partial charge in [0.1, 0.15) is 5.75 Å². The van der Waals surface area contributed by atoms with Gasteiger partial charge in [-0.1, -0.05) is 30.3 Å². The van der Waals surface area contributed by atoms with E-state index in [0.29, 0.717) is 27.9 Å². The molecule has 1 aromatic heterocycles. The number of aromatic nitrogens is 1. The van der Waals surface area contributed by atoms with Crippen LogP contribution in [0.15, 0.2) is 75.9 Å². The normalized spacial score (nSPS) is 10.7. The van der Waals surface area contributed by atoms with Gasteiger partial charge in [0.2, 0.25) is 5.89 Å². The van der Waals surface area contributed by atoms with E-state index in [1.807, 2.05) is 38.1 Å². The van der Waals surface area contributed by atoms with E-state index in [-0.39, 0.29) is 18.4 Å². The molecule has 0 fully saturated rings. The molecule has 0 spiro atoms. The number of carbonyl (C=O) groups excluding carboxylic acids is 1. The van der Waals surface area contributed by atoms with Gasteiger partial charge in [0.15, 0.2) is 6.61 Å². The molecule has 1 N–H and O–H groups in total. The summed E-state index contributed by atoms with van der Waals surface area (Å²) >= 11 is 0. The highest BCUT2D eigenvalue weighted by molar-refractivity contribution is 5.92. The van der Waals surface area contributed by atoms with Crippen LogP contribution in [0.4, 0.5) is 5.69 Å². The van der Waals surface area contributed by atoms with Crippen LogP contribution in [0.3, 0.4) is 0 Å². The van der Waals surface area contributed by atoms with Crippen LogP contribution in [0.2, 0.25) is 0 Å². The Hall–Kier alpha value is -3.93. The van der Waals surface area contributed by atoms with Crippen molar-refractivity contribution in [2.24, 2.45) is 0 Å². The van der Waals surface area contributed by atoms with Crippen molar-refractivity contribution < 1.29 is 13.9 Å². The number of benzene rings is 3. The average molecular weight is 400 g/mol. The number of anilines is 1. The van der Waals surface area contributed by atoms with Crippen LogP contribution in [0.25, 0.3) is 22.4 Å². The molecule has 1 amide bonds. The van der Waals surface area contributed by atoms with Crippen molar-refractivity contribution >= 4 is 22.5 Å². The summed E-state index contributed by atoms with van der Waals surface area (Å²) in [4.78, 5) is 29.0. The maximum Gasteiger partial charge on any atom is 0.347 e. The van der Waals surface area contributed by atoms with Crippen LogP contribution in [0, 0.1) is 13.8 Å². The van der Waals surface area contributed by atoms with E-state index >= 15 is 0 Å². The van der Waals surface area contributed by atoms with E-state index in [9.17, 15) is 9.59 Å². The number of para-hydroxylation sites is 1. The molecule has 0 saturated heterocycles. The molecule has 150 valence electrons. The van der Waals surface area contributed by atoms with E-state index in [0.717, 1.165) is 11.1 Å². The number of nitrogens with one attached hydrogen (secondary N) is 1. The number of carbonyl (C=O) groups is 1. The van der Waals surface area contributed by atoms with E-state index in [4.69, 9.17) is 9.15 Å². The molecule has 0 bridgehead atoms. The van der Waals surface area contributed by atoms with Gasteiger partial charge in [-0.05, 0) is 61.4 Å². The summed E-state index contributed by atoms with van der Waals surface area (Å²) in [5.41, 5.74) is 3.35. The maximum atomic E-state index is 12.3. The standard InChI is InChI=1S/C24H20N2O4/c1-15-7-5-12-21(16(15)2)29-14-22(27)25-18-9-6-8-17(13-18)23-26-20-11-4-3-10-19(20)24(28)30-23/h3-13H,14H2,1-2H3,(H,25,27). The van der Waals surface area contributed by atoms with Crippen LogP contribution >= 0.6 is 0 Å². The molecular formula is C24H20N2O4. The first-order valence-corrected chi connectivity index (χ1v) is 9.50. The van der Waals surface area contributed by atoms with Crippen molar-refractivity contribution in [3.8, 4) is 17.2 Å². The predicted molar refractivity (Wildman–Crippen MR) is 116 cm³/mol. The van der Waals surface area contributed by atoms with E-state index in [2.05, 4.69) is 10.3 Å². The number of fused-ring (bicyclic) bond motifs is 1. The van der Waals surface area contributed by atoms with Gasteiger partial charge < -0.3 is 14.5 Å². The molecule has 0 unspecified atom stereocenters. The first kappa shape index (κ1) is 19.4. The number of amides is 1. The summed E-state index contributed by atoms with van der Waals surface area (Å²) < 4.78 is 11.0. The summed E-state index contributed by atoms with van der Waals surface area (Å²) in [6, 6.07) is 19.7. The Balaban J connectivity index is 1.50. The molecule has 4 aromatic rings. The second-order valence-corrected chi connectivity index (χ2v) is 6.94. The molecule has 30 heavy (non-hydrogen) atoms. The summed E-state index contributed by atoms with van der Waals surface area (Å²) in [5.74, 6) is 0.587. The molecule has 4 rings (SSSR count). The fraction of sp³-hybridized carbons (Fsp3) is 0.125. The van der Waals surface area contributed by atoms with Gasteiger partial charge in [-0.15, -0.1) is 0 Å². The third-order valence-electron chi connectivity index (χ3n) is 4.84. The van der Waals surface area contributed by atoms with Crippen molar-refractivity contribution in [3.63, 3.8) is 0 Å². The number of ether oxygens (including phenoxy) is 1. The predicted octanol–water partition coefficient (Wildman–Crippen LogP) is 4.49. The first-order valence-electron chi connectivity index (χ1n) is 9.50. The van der Waals surface area contributed by atoms with Gasteiger partial charge in [-0.2, -0.15) is 0 Å². The molecule has 0 saturated carbocycles. The SMILES string of the molecule is Cc1cccc(OCC(=O)Nc2cccc(-c3nc4ccccc4c(=O)o3)c2)c1C. The zero-order valence-electron chi connectivity index (χ0n) is 16.6. The number of nitrogens with zero attached hydrogens (tertiary/aromatic N) is 1. The topological polar surface area (TPSA) is 81.4 Å². The Morgan fingerprint density at radius 1 is 1.03 bits per heavy atom. The van der Waals surface area contributed by atoms with Crippen molar-refractivity contribution in [2.45, 2.75) is 13.8 Å². The summed E-state index contributed by atoms with van der Waals surface area (Å²) in [6.07, 6.45) is 0. The van der Waals surface area contributed by atoms with Crippen LogP contribution in [0.5, 0.6) is 5.75 Å². The van der Waals surface area contributed by atoms with E-state index < -0.39 is 5.63 Å². The minimum Gasteiger partial charge on any atom is -0.483 e. The minimum absolute atomic E-state index is 0.113. The second-order valence-electron chi connectivity index (χ2n) is 6.94. The number of hydrogen-bond acceptors (Lipinski definition) is 5. The summed E-state index contributed by atoms with van der Waals surface area (Å²) in [5, 5.41) is 3.22. The van der Waals surface area contributed by atoms with Crippen LogP contribution in [-0.2, 0) is 4.79 Å². The van der Waals surface area contributed by atoms with Crippen molar-refractivity contribution in [2.75, 3.05) is 11.9 Å². The zero-order valence-corrected chi connectivity index (χ0v) is 16.6. The van der Waals surface area contributed by atoms with Crippen molar-refractivity contribution in [1.82, 2.24) is 4.98 Å². The molecule has 6 heteroatoms. The van der Waals surface area contributed by atoms with Crippen LogP contribution in [0.1, 0.15) is 11.1 Å². The van der Waals surface area contributed by atoms with E-state index in [1.165, 1.54) is 0 Å². The molecule has 0 aliphatic carbocycles. The summed E-state index contributed by atoms with van der Waals surface area (Å²) in [6.45, 7) is 3.83. The Morgan fingerprint density at radius 3 is 2.70 bits per heavy atom.